The Labute approximate surface area is 152 Å². The zero-order valence-electron chi connectivity index (χ0n) is 12.7. The third-order valence-electron chi connectivity index (χ3n) is 3.18. The Kier molecular flexibility index (Phi) is 5.55. The van der Waals surface area contributed by atoms with Crippen LogP contribution < -0.4 is 5.32 Å². The van der Waals surface area contributed by atoms with E-state index in [1.807, 2.05) is 19.1 Å². The fourth-order valence-corrected chi connectivity index (χ4v) is 4.05. The summed E-state index contributed by atoms with van der Waals surface area (Å²) in [6.07, 6.45) is 1.63. The summed E-state index contributed by atoms with van der Waals surface area (Å²) in [6, 6.07) is 10.6. The Hall–Kier alpha value is -1.83. The van der Waals surface area contributed by atoms with Gasteiger partial charge in [0.25, 0.3) is 0 Å². The number of halogens is 1. The molecule has 0 radical (unpaired) electrons. The van der Waals surface area contributed by atoms with Crippen LogP contribution in [0.2, 0.25) is 5.02 Å². The van der Waals surface area contributed by atoms with Crippen LogP contribution in [-0.2, 0) is 6.54 Å². The molecule has 0 aliphatic carbocycles. The van der Waals surface area contributed by atoms with Gasteiger partial charge in [0.05, 0.1) is 18.1 Å². The molecule has 0 amide bonds. The van der Waals surface area contributed by atoms with Crippen molar-refractivity contribution in [3.05, 3.63) is 59.0 Å². The first-order valence-corrected chi connectivity index (χ1v) is 9.25. The van der Waals surface area contributed by atoms with Crippen molar-refractivity contribution in [1.29, 1.82) is 0 Å². The van der Waals surface area contributed by atoms with Crippen molar-refractivity contribution in [1.82, 2.24) is 10.2 Å². The zero-order chi connectivity index (χ0) is 16.9. The maximum Gasteiger partial charge on any atom is 0.206 e. The molecule has 24 heavy (non-hydrogen) atoms. The molecule has 0 saturated carbocycles. The van der Waals surface area contributed by atoms with Crippen LogP contribution in [0.4, 0.5) is 5.13 Å². The first kappa shape index (κ1) is 17.0. The molecule has 1 atom stereocenters. The maximum absolute atomic E-state index is 12.4. The van der Waals surface area contributed by atoms with Crippen LogP contribution >= 0.6 is 34.7 Å². The number of carbonyl (C=O) groups excluding carboxylic acids is 1. The number of hydrogen-bond donors (Lipinski definition) is 1. The molecule has 5 nitrogen and oxygen atoms in total. The minimum Gasteiger partial charge on any atom is -0.467 e. The van der Waals surface area contributed by atoms with Gasteiger partial charge in [0.2, 0.25) is 5.13 Å². The largest absolute Gasteiger partial charge is 0.467 e. The summed E-state index contributed by atoms with van der Waals surface area (Å²) in [5.74, 6) is 0.864. The van der Waals surface area contributed by atoms with Gasteiger partial charge < -0.3 is 9.73 Å². The number of thioether (sulfide) groups is 1. The molecule has 0 fully saturated rings. The summed E-state index contributed by atoms with van der Waals surface area (Å²) in [6.45, 7) is 2.41. The SMILES string of the molecule is C[C@@H](Sc1nnc(NCc2ccco2)s1)C(=O)c1ccc(Cl)cc1. The summed E-state index contributed by atoms with van der Waals surface area (Å²) in [5, 5.41) is 12.4. The molecule has 2 aromatic heterocycles. The first-order valence-electron chi connectivity index (χ1n) is 7.18. The number of Topliss-reactive ketones (excluding diaryl/α,β-unsaturated/α-hetero) is 1. The summed E-state index contributed by atoms with van der Waals surface area (Å²) >= 11 is 8.65. The number of rotatable bonds is 7. The van der Waals surface area contributed by atoms with Crippen molar-refractivity contribution < 1.29 is 9.21 Å². The molecule has 0 unspecified atom stereocenters. The molecule has 0 bridgehead atoms. The molecular formula is C16H14ClN3O2S2. The van der Waals surface area contributed by atoms with Crippen LogP contribution in [0.3, 0.4) is 0 Å². The van der Waals surface area contributed by atoms with Crippen molar-refractivity contribution in [2.45, 2.75) is 23.1 Å². The number of anilines is 1. The number of ketones is 1. The van der Waals surface area contributed by atoms with Crippen LogP contribution in [0.1, 0.15) is 23.0 Å². The van der Waals surface area contributed by atoms with Gasteiger partial charge in [0.15, 0.2) is 10.1 Å². The van der Waals surface area contributed by atoms with Gasteiger partial charge in [0.1, 0.15) is 5.76 Å². The molecular weight excluding hydrogens is 366 g/mol. The summed E-state index contributed by atoms with van der Waals surface area (Å²) in [4.78, 5) is 12.4. The zero-order valence-corrected chi connectivity index (χ0v) is 15.1. The lowest BCUT2D eigenvalue weighted by Crippen LogP contribution is -2.13. The minimum absolute atomic E-state index is 0.0389. The topological polar surface area (TPSA) is 68.0 Å². The maximum atomic E-state index is 12.4. The van der Waals surface area contributed by atoms with E-state index in [2.05, 4.69) is 15.5 Å². The number of carbonyl (C=O) groups is 1. The van der Waals surface area contributed by atoms with Crippen LogP contribution in [0.5, 0.6) is 0 Å². The Morgan fingerprint density at radius 1 is 1.33 bits per heavy atom. The lowest BCUT2D eigenvalue weighted by Gasteiger charge is -2.07. The van der Waals surface area contributed by atoms with Gasteiger partial charge in [-0.1, -0.05) is 34.7 Å². The average Bonchev–Trinajstić information content (AvgIpc) is 3.24. The van der Waals surface area contributed by atoms with E-state index in [0.29, 0.717) is 22.3 Å². The van der Waals surface area contributed by atoms with Gasteiger partial charge in [-0.25, -0.2) is 0 Å². The highest BCUT2D eigenvalue weighted by atomic mass is 35.5. The summed E-state index contributed by atoms with van der Waals surface area (Å²) < 4.78 is 5.99. The van der Waals surface area contributed by atoms with Gasteiger partial charge in [-0.2, -0.15) is 0 Å². The van der Waals surface area contributed by atoms with Crippen molar-refractivity contribution in [2.75, 3.05) is 5.32 Å². The number of hydrogen-bond acceptors (Lipinski definition) is 7. The molecule has 2 heterocycles. The highest BCUT2D eigenvalue weighted by Crippen LogP contribution is 2.30. The quantitative estimate of drug-likeness (QED) is 0.471. The fraction of sp³-hybridized carbons (Fsp3) is 0.188. The van der Waals surface area contributed by atoms with E-state index in [1.165, 1.54) is 23.1 Å². The van der Waals surface area contributed by atoms with E-state index < -0.39 is 0 Å². The van der Waals surface area contributed by atoms with Crippen LogP contribution in [0.15, 0.2) is 51.4 Å². The van der Waals surface area contributed by atoms with Crippen LogP contribution in [-0.4, -0.2) is 21.2 Å². The van der Waals surface area contributed by atoms with Gasteiger partial charge in [-0.3, -0.25) is 4.79 Å². The van der Waals surface area contributed by atoms with Crippen molar-refractivity contribution >= 4 is 45.6 Å². The monoisotopic (exact) mass is 379 g/mol. The number of aromatic nitrogens is 2. The minimum atomic E-state index is -0.253. The van der Waals surface area contributed by atoms with Crippen LogP contribution in [0.25, 0.3) is 0 Å². The van der Waals surface area contributed by atoms with Crippen molar-refractivity contribution in [2.24, 2.45) is 0 Å². The van der Waals surface area contributed by atoms with Gasteiger partial charge >= 0.3 is 0 Å². The Balaban J connectivity index is 1.57. The number of benzene rings is 1. The van der Waals surface area contributed by atoms with E-state index in [4.69, 9.17) is 16.0 Å². The Morgan fingerprint density at radius 2 is 2.12 bits per heavy atom. The lowest BCUT2D eigenvalue weighted by atomic mass is 10.1. The number of nitrogens with one attached hydrogen (secondary N) is 1. The lowest BCUT2D eigenvalue weighted by molar-refractivity contribution is 0.0994. The van der Waals surface area contributed by atoms with E-state index in [9.17, 15) is 4.79 Å². The second kappa shape index (κ2) is 7.83. The second-order valence-electron chi connectivity index (χ2n) is 4.94. The molecule has 1 N–H and O–H groups in total. The van der Waals surface area contributed by atoms with Gasteiger partial charge in [0, 0.05) is 10.6 Å². The molecule has 0 aliphatic heterocycles. The third kappa shape index (κ3) is 4.37. The summed E-state index contributed by atoms with van der Waals surface area (Å²) in [7, 11) is 0. The second-order valence-corrected chi connectivity index (χ2v) is 7.94. The molecule has 8 heteroatoms. The predicted octanol–water partition coefficient (Wildman–Crippen LogP) is 4.76. The smallest absolute Gasteiger partial charge is 0.206 e. The molecule has 0 aliphatic rings. The molecule has 0 saturated heterocycles. The molecule has 3 aromatic rings. The third-order valence-corrected chi connectivity index (χ3v) is 5.49. The van der Waals surface area contributed by atoms with Gasteiger partial charge in [-0.05, 0) is 43.3 Å². The first-order chi connectivity index (χ1) is 11.6. The Bertz CT molecular complexity index is 803. The van der Waals surface area contributed by atoms with Gasteiger partial charge in [-0.15, -0.1) is 10.2 Å². The standard InChI is InChI=1S/C16H14ClN3O2S2/c1-10(14(21)11-4-6-12(17)7-5-11)23-16-20-19-15(24-16)18-9-13-3-2-8-22-13/h2-8,10H,9H2,1H3,(H,18,19)/t10-/m1/s1. The molecule has 124 valence electrons. The van der Waals surface area contributed by atoms with E-state index >= 15 is 0 Å². The fourth-order valence-electron chi connectivity index (χ4n) is 1.96. The molecule has 1 aromatic carbocycles. The van der Waals surface area contributed by atoms with E-state index in [1.54, 1.807) is 30.5 Å². The Morgan fingerprint density at radius 3 is 2.83 bits per heavy atom. The number of furan rings is 1. The summed E-state index contributed by atoms with van der Waals surface area (Å²) in [5.41, 5.74) is 0.639. The molecule has 3 rings (SSSR count). The van der Waals surface area contributed by atoms with E-state index in [0.717, 1.165) is 10.1 Å². The molecule has 0 spiro atoms. The van der Waals surface area contributed by atoms with Crippen LogP contribution in [0, 0.1) is 0 Å². The predicted molar refractivity (Wildman–Crippen MR) is 97.0 cm³/mol. The number of nitrogens with zero attached hydrogens (tertiary/aromatic N) is 2. The average molecular weight is 380 g/mol. The van der Waals surface area contributed by atoms with Crippen molar-refractivity contribution in [3.63, 3.8) is 0 Å². The highest BCUT2D eigenvalue weighted by molar-refractivity contribution is 8.02. The van der Waals surface area contributed by atoms with Crippen molar-refractivity contribution in [3.8, 4) is 0 Å². The normalized spacial score (nSPS) is 12.1. The highest BCUT2D eigenvalue weighted by Gasteiger charge is 2.18. The van der Waals surface area contributed by atoms with E-state index in [-0.39, 0.29) is 11.0 Å².